The SMILES string of the molecule is Cc1ccc(Oc2ccc(Nc3ncnc4ccc(/C=C/CNC(=O)C(O)C(F)(F)F)cc34)cc2C)cn1. The Kier molecular flexibility index (Phi) is 7.87. The largest absolute Gasteiger partial charge is 0.455 e. The fourth-order valence-electron chi connectivity index (χ4n) is 3.50. The van der Waals surface area contributed by atoms with Crippen molar-refractivity contribution >= 4 is 34.4 Å². The van der Waals surface area contributed by atoms with Crippen molar-refractivity contribution in [1.29, 1.82) is 0 Å². The third kappa shape index (κ3) is 6.62. The zero-order valence-corrected chi connectivity index (χ0v) is 20.5. The van der Waals surface area contributed by atoms with Crippen LogP contribution in [0.4, 0.5) is 24.7 Å². The summed E-state index contributed by atoms with van der Waals surface area (Å²) in [5, 5.41) is 15.0. The molecule has 2 aromatic heterocycles. The van der Waals surface area contributed by atoms with Gasteiger partial charge in [-0.25, -0.2) is 9.97 Å². The smallest absolute Gasteiger partial charge is 0.423 e. The molecule has 1 amide bonds. The molecule has 1 unspecified atom stereocenters. The van der Waals surface area contributed by atoms with Crippen molar-refractivity contribution in [3.05, 3.63) is 84.0 Å². The van der Waals surface area contributed by atoms with Crippen LogP contribution in [-0.2, 0) is 4.79 Å². The van der Waals surface area contributed by atoms with Crippen LogP contribution in [0.25, 0.3) is 17.0 Å². The first-order valence-electron chi connectivity index (χ1n) is 11.5. The normalized spacial score (nSPS) is 12.5. The molecular formula is C27H24F3N5O3. The Morgan fingerprint density at radius 2 is 1.89 bits per heavy atom. The molecule has 0 aliphatic rings. The highest BCUT2D eigenvalue weighted by atomic mass is 19.4. The summed E-state index contributed by atoms with van der Waals surface area (Å²) in [4.78, 5) is 24.3. The predicted octanol–water partition coefficient (Wildman–Crippen LogP) is 5.23. The van der Waals surface area contributed by atoms with Gasteiger partial charge in [-0.3, -0.25) is 9.78 Å². The number of fused-ring (bicyclic) bond motifs is 1. The lowest BCUT2D eigenvalue weighted by atomic mass is 10.1. The van der Waals surface area contributed by atoms with E-state index in [1.807, 2.05) is 55.6 Å². The van der Waals surface area contributed by atoms with E-state index in [1.165, 1.54) is 12.4 Å². The fraction of sp³-hybridized carbons (Fsp3) is 0.185. The third-order valence-electron chi connectivity index (χ3n) is 5.47. The lowest BCUT2D eigenvalue weighted by molar-refractivity contribution is -0.204. The number of aliphatic hydroxyl groups is 1. The summed E-state index contributed by atoms with van der Waals surface area (Å²) >= 11 is 0. The molecule has 0 saturated heterocycles. The highest BCUT2D eigenvalue weighted by Gasteiger charge is 2.43. The number of hydrogen-bond donors (Lipinski definition) is 3. The van der Waals surface area contributed by atoms with Gasteiger partial charge in [0, 0.05) is 23.3 Å². The van der Waals surface area contributed by atoms with Gasteiger partial charge in [0.2, 0.25) is 6.10 Å². The van der Waals surface area contributed by atoms with Gasteiger partial charge in [-0.15, -0.1) is 0 Å². The molecular weight excluding hydrogens is 499 g/mol. The Morgan fingerprint density at radius 1 is 1.08 bits per heavy atom. The van der Waals surface area contributed by atoms with Crippen molar-refractivity contribution in [2.45, 2.75) is 26.1 Å². The second-order valence-electron chi connectivity index (χ2n) is 8.43. The van der Waals surface area contributed by atoms with Gasteiger partial charge in [0.25, 0.3) is 5.91 Å². The topological polar surface area (TPSA) is 109 Å². The van der Waals surface area contributed by atoms with E-state index >= 15 is 0 Å². The monoisotopic (exact) mass is 523 g/mol. The van der Waals surface area contributed by atoms with Gasteiger partial charge in [-0.05, 0) is 67.4 Å². The maximum absolute atomic E-state index is 12.4. The maximum Gasteiger partial charge on any atom is 0.423 e. The molecule has 0 radical (unpaired) electrons. The Hall–Kier alpha value is -4.51. The van der Waals surface area contributed by atoms with Gasteiger partial charge in [0.05, 0.1) is 11.7 Å². The molecule has 11 heteroatoms. The Balaban J connectivity index is 1.46. The summed E-state index contributed by atoms with van der Waals surface area (Å²) in [7, 11) is 0. The second kappa shape index (κ2) is 11.3. The molecule has 8 nitrogen and oxygen atoms in total. The van der Waals surface area contributed by atoms with Crippen molar-refractivity contribution in [2.24, 2.45) is 0 Å². The lowest BCUT2D eigenvalue weighted by Gasteiger charge is -2.13. The molecule has 0 spiro atoms. The lowest BCUT2D eigenvalue weighted by Crippen LogP contribution is -2.44. The molecule has 4 aromatic rings. The number of aliphatic hydroxyl groups excluding tert-OH is 1. The van der Waals surface area contributed by atoms with E-state index < -0.39 is 18.2 Å². The van der Waals surface area contributed by atoms with E-state index in [4.69, 9.17) is 9.84 Å². The van der Waals surface area contributed by atoms with Crippen LogP contribution < -0.4 is 15.4 Å². The molecule has 0 bridgehead atoms. The highest BCUT2D eigenvalue weighted by Crippen LogP contribution is 2.30. The van der Waals surface area contributed by atoms with Gasteiger partial charge in [-0.1, -0.05) is 18.2 Å². The van der Waals surface area contributed by atoms with Gasteiger partial charge < -0.3 is 20.5 Å². The number of amides is 1. The van der Waals surface area contributed by atoms with E-state index in [0.717, 1.165) is 22.3 Å². The molecule has 0 fully saturated rings. The Morgan fingerprint density at radius 3 is 2.61 bits per heavy atom. The molecule has 38 heavy (non-hydrogen) atoms. The first-order valence-corrected chi connectivity index (χ1v) is 11.5. The van der Waals surface area contributed by atoms with Crippen LogP contribution in [-0.4, -0.2) is 44.8 Å². The number of nitrogens with one attached hydrogen (secondary N) is 2. The summed E-state index contributed by atoms with van der Waals surface area (Å²) in [5.41, 5.74) is 3.98. The van der Waals surface area contributed by atoms with Crippen LogP contribution in [0.3, 0.4) is 0 Å². The minimum absolute atomic E-state index is 0.188. The van der Waals surface area contributed by atoms with E-state index in [-0.39, 0.29) is 6.54 Å². The zero-order valence-electron chi connectivity index (χ0n) is 20.5. The summed E-state index contributed by atoms with van der Waals surface area (Å²) in [5.74, 6) is 0.374. The Labute approximate surface area is 216 Å². The number of nitrogens with zero attached hydrogens (tertiary/aromatic N) is 3. The number of carbonyl (C=O) groups excluding carboxylic acids is 1. The van der Waals surface area contributed by atoms with Crippen LogP contribution in [0.5, 0.6) is 11.5 Å². The van der Waals surface area contributed by atoms with Crippen LogP contribution in [0.2, 0.25) is 0 Å². The van der Waals surface area contributed by atoms with Crippen LogP contribution in [0, 0.1) is 13.8 Å². The Bertz CT molecular complexity index is 1470. The molecule has 0 saturated carbocycles. The molecule has 2 heterocycles. The van der Waals surface area contributed by atoms with Gasteiger partial charge in [0.1, 0.15) is 23.6 Å². The quantitative estimate of drug-likeness (QED) is 0.290. The predicted molar refractivity (Wildman–Crippen MR) is 137 cm³/mol. The summed E-state index contributed by atoms with van der Waals surface area (Å²) < 4.78 is 43.1. The van der Waals surface area contributed by atoms with Crippen molar-refractivity contribution in [2.75, 3.05) is 11.9 Å². The molecule has 0 aliphatic carbocycles. The number of halogens is 3. The summed E-state index contributed by atoms with van der Waals surface area (Å²) in [6.07, 6.45) is -1.86. The molecule has 2 aromatic carbocycles. The zero-order chi connectivity index (χ0) is 27.3. The van der Waals surface area contributed by atoms with E-state index in [9.17, 15) is 18.0 Å². The highest BCUT2D eigenvalue weighted by molar-refractivity contribution is 5.92. The number of pyridine rings is 1. The van der Waals surface area contributed by atoms with Crippen LogP contribution in [0.15, 0.2) is 67.1 Å². The first kappa shape index (κ1) is 26.6. The van der Waals surface area contributed by atoms with E-state index in [1.54, 1.807) is 24.4 Å². The van der Waals surface area contributed by atoms with Gasteiger partial charge in [-0.2, -0.15) is 13.2 Å². The average Bonchev–Trinajstić information content (AvgIpc) is 2.88. The van der Waals surface area contributed by atoms with Crippen molar-refractivity contribution in [3.63, 3.8) is 0 Å². The van der Waals surface area contributed by atoms with Crippen LogP contribution >= 0.6 is 0 Å². The number of rotatable bonds is 8. The number of anilines is 2. The average molecular weight is 524 g/mol. The number of aromatic nitrogens is 3. The number of benzene rings is 2. The fourth-order valence-corrected chi connectivity index (χ4v) is 3.50. The molecule has 4 rings (SSSR count). The molecule has 1 atom stereocenters. The molecule has 3 N–H and O–H groups in total. The minimum atomic E-state index is -5.01. The van der Waals surface area contributed by atoms with Crippen molar-refractivity contribution < 1.29 is 27.8 Å². The summed E-state index contributed by atoms with van der Waals surface area (Å²) in [6.45, 7) is 3.64. The molecule has 0 aliphatic heterocycles. The minimum Gasteiger partial charge on any atom is -0.455 e. The molecule has 196 valence electrons. The third-order valence-corrected chi connectivity index (χ3v) is 5.47. The number of alkyl halides is 3. The van der Waals surface area contributed by atoms with Gasteiger partial charge >= 0.3 is 6.18 Å². The number of ether oxygens (including phenoxy) is 1. The number of aryl methyl sites for hydroxylation is 2. The van der Waals surface area contributed by atoms with E-state index in [0.29, 0.717) is 28.4 Å². The maximum atomic E-state index is 12.4. The number of hydrogen-bond acceptors (Lipinski definition) is 7. The standard InChI is InChI=1S/C27H24F3N5O3/c1-16-12-19(7-10-23(16)38-20-8-5-17(2)32-14-20)35-25-21-13-18(6-9-22(21)33-15-34-25)4-3-11-31-26(37)24(36)27(28,29)30/h3-10,12-15,24,36H,11H2,1-2H3,(H,31,37)(H,33,34,35)/b4-3+. The van der Waals surface area contributed by atoms with Gasteiger partial charge in [0.15, 0.2) is 0 Å². The van der Waals surface area contributed by atoms with Crippen LogP contribution in [0.1, 0.15) is 16.8 Å². The van der Waals surface area contributed by atoms with Crippen molar-refractivity contribution in [1.82, 2.24) is 20.3 Å². The van der Waals surface area contributed by atoms with E-state index in [2.05, 4.69) is 20.3 Å². The first-order chi connectivity index (χ1) is 18.1. The number of carbonyl (C=O) groups is 1. The van der Waals surface area contributed by atoms with Crippen molar-refractivity contribution in [3.8, 4) is 11.5 Å². The second-order valence-corrected chi connectivity index (χ2v) is 8.43. The summed E-state index contributed by atoms with van der Waals surface area (Å²) in [6, 6.07) is 14.7.